The molecule has 1 aliphatic rings. The second kappa shape index (κ2) is 8.33. The van der Waals surface area contributed by atoms with Crippen LogP contribution in [-0.2, 0) is 14.8 Å². The molecule has 1 fully saturated rings. The number of nitrogens with zero attached hydrogens (tertiary/aromatic N) is 3. The highest BCUT2D eigenvalue weighted by Crippen LogP contribution is 2.27. The summed E-state index contributed by atoms with van der Waals surface area (Å²) in [6.07, 6.45) is 1.51. The fraction of sp³-hybridized carbons (Fsp3) is 0.235. The first-order chi connectivity index (χ1) is 13.3. The summed E-state index contributed by atoms with van der Waals surface area (Å²) in [5.41, 5.74) is 4.07. The number of morpholine rings is 1. The van der Waals surface area contributed by atoms with Gasteiger partial charge in [-0.15, -0.1) is 0 Å². The van der Waals surface area contributed by atoms with Gasteiger partial charge in [0.25, 0.3) is 5.69 Å². The van der Waals surface area contributed by atoms with E-state index < -0.39 is 20.6 Å². The normalized spacial score (nSPS) is 15.0. The maximum absolute atomic E-state index is 11.4. The van der Waals surface area contributed by atoms with Gasteiger partial charge < -0.3 is 9.64 Å². The van der Waals surface area contributed by atoms with Crippen LogP contribution in [0.5, 0.6) is 0 Å². The first-order valence-corrected chi connectivity index (χ1v) is 9.92. The number of anilines is 2. The molecule has 0 saturated carbocycles. The van der Waals surface area contributed by atoms with E-state index in [1.165, 1.54) is 18.3 Å². The molecule has 2 aromatic carbocycles. The van der Waals surface area contributed by atoms with Gasteiger partial charge in [-0.25, -0.2) is 13.6 Å². The van der Waals surface area contributed by atoms with Gasteiger partial charge in [-0.05, 0) is 29.8 Å². The number of nitrogens with two attached hydrogens (primary N) is 1. The van der Waals surface area contributed by atoms with Crippen molar-refractivity contribution in [2.45, 2.75) is 4.90 Å². The lowest BCUT2D eigenvalue weighted by Gasteiger charge is -2.28. The average molecular weight is 405 g/mol. The zero-order valence-electron chi connectivity index (χ0n) is 14.8. The minimum absolute atomic E-state index is 0.0542. The molecule has 28 heavy (non-hydrogen) atoms. The van der Waals surface area contributed by atoms with Crippen LogP contribution < -0.4 is 15.5 Å². The molecule has 148 valence electrons. The minimum atomic E-state index is -4.04. The Morgan fingerprint density at radius 1 is 1.18 bits per heavy atom. The average Bonchev–Trinajstić information content (AvgIpc) is 2.68. The van der Waals surface area contributed by atoms with Gasteiger partial charge in [0.05, 0.1) is 29.2 Å². The lowest BCUT2D eigenvalue weighted by atomic mass is 10.2. The SMILES string of the molecule is NS(=O)(=O)c1ccc(N/N=C\c2ccc(N3CCOCC3)cc2)c([N+](=O)[O-])c1. The van der Waals surface area contributed by atoms with Crippen molar-refractivity contribution in [1.29, 1.82) is 0 Å². The summed E-state index contributed by atoms with van der Waals surface area (Å²) in [7, 11) is -4.04. The van der Waals surface area contributed by atoms with Gasteiger partial charge in [0.2, 0.25) is 10.0 Å². The van der Waals surface area contributed by atoms with Crippen molar-refractivity contribution < 1.29 is 18.1 Å². The van der Waals surface area contributed by atoms with Crippen LogP contribution in [0.25, 0.3) is 0 Å². The summed E-state index contributed by atoms with van der Waals surface area (Å²) in [4.78, 5) is 12.4. The first-order valence-electron chi connectivity index (χ1n) is 8.38. The predicted octanol–water partition coefficient (Wildman–Crippen LogP) is 1.52. The van der Waals surface area contributed by atoms with Gasteiger partial charge in [0, 0.05) is 24.8 Å². The Hall–Kier alpha value is -3.02. The number of nitrogens with one attached hydrogen (secondary N) is 1. The summed E-state index contributed by atoms with van der Waals surface area (Å²) < 4.78 is 28.0. The van der Waals surface area contributed by atoms with E-state index >= 15 is 0 Å². The van der Waals surface area contributed by atoms with Crippen molar-refractivity contribution in [2.75, 3.05) is 36.6 Å². The van der Waals surface area contributed by atoms with Crippen LogP contribution in [0.15, 0.2) is 52.5 Å². The molecule has 0 unspecified atom stereocenters. The van der Waals surface area contributed by atoms with Crippen molar-refractivity contribution in [1.82, 2.24) is 0 Å². The number of primary sulfonamides is 1. The van der Waals surface area contributed by atoms with E-state index in [4.69, 9.17) is 9.88 Å². The number of benzene rings is 2. The molecule has 0 aromatic heterocycles. The zero-order chi connectivity index (χ0) is 20.1. The molecular weight excluding hydrogens is 386 g/mol. The van der Waals surface area contributed by atoms with Gasteiger partial charge in [-0.1, -0.05) is 12.1 Å². The molecule has 0 bridgehead atoms. The number of hydrazone groups is 1. The third-order valence-corrected chi connectivity index (χ3v) is 5.07. The molecule has 1 heterocycles. The Kier molecular flexibility index (Phi) is 5.87. The molecule has 3 rings (SSSR count). The maximum Gasteiger partial charge on any atom is 0.295 e. The Balaban J connectivity index is 1.71. The summed E-state index contributed by atoms with van der Waals surface area (Å²) in [6.45, 7) is 3.09. The van der Waals surface area contributed by atoms with E-state index in [0.717, 1.165) is 30.4 Å². The quantitative estimate of drug-likeness (QED) is 0.422. The van der Waals surface area contributed by atoms with Gasteiger partial charge >= 0.3 is 0 Å². The number of nitro benzene ring substituents is 1. The van der Waals surface area contributed by atoms with Gasteiger partial charge in [-0.3, -0.25) is 15.5 Å². The molecule has 0 radical (unpaired) electrons. The lowest BCUT2D eigenvalue weighted by molar-refractivity contribution is -0.384. The molecule has 1 aliphatic heterocycles. The number of rotatable bonds is 6. The highest BCUT2D eigenvalue weighted by molar-refractivity contribution is 7.89. The molecule has 10 nitrogen and oxygen atoms in total. The zero-order valence-corrected chi connectivity index (χ0v) is 15.6. The van der Waals surface area contributed by atoms with Crippen molar-refractivity contribution in [2.24, 2.45) is 10.2 Å². The Morgan fingerprint density at radius 2 is 1.86 bits per heavy atom. The second-order valence-electron chi connectivity index (χ2n) is 6.04. The Morgan fingerprint density at radius 3 is 2.46 bits per heavy atom. The van der Waals surface area contributed by atoms with Crippen molar-refractivity contribution in [3.63, 3.8) is 0 Å². The van der Waals surface area contributed by atoms with E-state index in [-0.39, 0.29) is 10.6 Å². The topological polar surface area (TPSA) is 140 Å². The Bertz CT molecular complexity index is 985. The van der Waals surface area contributed by atoms with Crippen molar-refractivity contribution in [3.05, 3.63) is 58.1 Å². The number of ether oxygens (including phenoxy) is 1. The van der Waals surface area contributed by atoms with Crippen LogP contribution in [-0.4, -0.2) is 45.9 Å². The number of sulfonamides is 1. The standard InChI is InChI=1S/C17H19N5O5S/c18-28(25,26)15-5-6-16(17(11-15)22(23)24)20-19-12-13-1-3-14(4-2-13)21-7-9-27-10-8-21/h1-6,11-12,20H,7-10H2,(H2,18,25,26)/b19-12-. The molecule has 11 heteroatoms. The summed E-state index contributed by atoms with van der Waals surface area (Å²) in [5, 5.41) is 20.2. The first kappa shape index (κ1) is 19.7. The molecule has 1 saturated heterocycles. The van der Waals surface area contributed by atoms with Gasteiger partial charge in [0.1, 0.15) is 5.69 Å². The minimum Gasteiger partial charge on any atom is -0.378 e. The summed E-state index contributed by atoms with van der Waals surface area (Å²) in [6, 6.07) is 11.0. The molecule has 0 spiro atoms. The molecule has 3 N–H and O–H groups in total. The van der Waals surface area contributed by atoms with Crippen molar-refractivity contribution >= 4 is 33.3 Å². The summed E-state index contributed by atoms with van der Waals surface area (Å²) >= 11 is 0. The maximum atomic E-state index is 11.4. The smallest absolute Gasteiger partial charge is 0.295 e. The lowest BCUT2D eigenvalue weighted by Crippen LogP contribution is -2.36. The van der Waals surface area contributed by atoms with Crippen molar-refractivity contribution in [3.8, 4) is 0 Å². The van der Waals surface area contributed by atoms with Crippen LogP contribution in [0.4, 0.5) is 17.1 Å². The third-order valence-electron chi connectivity index (χ3n) is 4.16. The van der Waals surface area contributed by atoms with Crippen LogP contribution in [0, 0.1) is 10.1 Å². The highest BCUT2D eigenvalue weighted by atomic mass is 32.2. The van der Waals surface area contributed by atoms with Crippen LogP contribution >= 0.6 is 0 Å². The van der Waals surface area contributed by atoms with Crippen LogP contribution in [0.3, 0.4) is 0 Å². The monoisotopic (exact) mass is 405 g/mol. The van der Waals surface area contributed by atoms with E-state index in [1.54, 1.807) is 0 Å². The van der Waals surface area contributed by atoms with E-state index in [9.17, 15) is 18.5 Å². The van der Waals surface area contributed by atoms with E-state index in [2.05, 4.69) is 15.4 Å². The number of hydrogen-bond acceptors (Lipinski definition) is 8. The predicted molar refractivity (Wildman–Crippen MR) is 105 cm³/mol. The molecule has 2 aromatic rings. The second-order valence-corrected chi connectivity index (χ2v) is 7.60. The molecule has 0 aliphatic carbocycles. The van der Waals surface area contributed by atoms with Gasteiger partial charge in [0.15, 0.2) is 0 Å². The third kappa shape index (κ3) is 4.82. The molecule has 0 amide bonds. The van der Waals surface area contributed by atoms with Crippen LogP contribution in [0.1, 0.15) is 5.56 Å². The molecule has 0 atom stereocenters. The van der Waals surface area contributed by atoms with Gasteiger partial charge in [-0.2, -0.15) is 5.10 Å². The Labute approximate surface area is 161 Å². The van der Waals surface area contributed by atoms with E-state index in [1.807, 2.05) is 24.3 Å². The molecular formula is C17H19N5O5S. The highest BCUT2D eigenvalue weighted by Gasteiger charge is 2.18. The fourth-order valence-electron chi connectivity index (χ4n) is 2.70. The summed E-state index contributed by atoms with van der Waals surface area (Å²) in [5.74, 6) is 0. The van der Waals surface area contributed by atoms with E-state index in [0.29, 0.717) is 13.2 Å². The number of hydrogen-bond donors (Lipinski definition) is 2. The number of nitro groups is 1. The largest absolute Gasteiger partial charge is 0.378 e. The van der Waals surface area contributed by atoms with Crippen LogP contribution in [0.2, 0.25) is 0 Å². The fourth-order valence-corrected chi connectivity index (χ4v) is 3.24.